The highest BCUT2D eigenvalue weighted by molar-refractivity contribution is 5.95. The third kappa shape index (κ3) is 4.24. The molecule has 6 heteroatoms. The van der Waals surface area contributed by atoms with Crippen molar-refractivity contribution < 1.29 is 14.7 Å². The zero-order valence-corrected chi connectivity index (χ0v) is 11.3. The van der Waals surface area contributed by atoms with Crippen molar-refractivity contribution >= 4 is 11.9 Å². The van der Waals surface area contributed by atoms with Gasteiger partial charge in [0, 0.05) is 25.9 Å². The summed E-state index contributed by atoms with van der Waals surface area (Å²) in [5.41, 5.74) is 0.0918. The number of aliphatic carboxylic acids is 1. The highest BCUT2D eigenvalue weighted by Gasteiger charge is 2.19. The summed E-state index contributed by atoms with van der Waals surface area (Å²) in [6.07, 6.45) is 1.42. The van der Waals surface area contributed by atoms with Gasteiger partial charge in [-0.2, -0.15) is 0 Å². The lowest BCUT2D eigenvalue weighted by Crippen LogP contribution is -2.38. The molecule has 0 atom stereocenters. The summed E-state index contributed by atoms with van der Waals surface area (Å²) in [6, 6.07) is 2.71. The number of hydrogen-bond donors (Lipinski definition) is 1. The number of aryl methyl sites for hydroxylation is 1. The van der Waals surface area contributed by atoms with Gasteiger partial charge in [-0.3, -0.25) is 14.4 Å². The fourth-order valence-corrected chi connectivity index (χ4v) is 1.73. The second-order valence-corrected chi connectivity index (χ2v) is 4.84. The molecule has 1 N–H and O–H groups in total. The van der Waals surface area contributed by atoms with Crippen LogP contribution in [0.1, 0.15) is 24.2 Å². The maximum absolute atomic E-state index is 12.2. The first-order valence-corrected chi connectivity index (χ1v) is 5.99. The second-order valence-electron chi connectivity index (χ2n) is 4.84. The Morgan fingerprint density at radius 2 is 2.00 bits per heavy atom. The first-order valence-electron chi connectivity index (χ1n) is 5.99. The number of carboxylic acid groups (broad SMARTS) is 1. The van der Waals surface area contributed by atoms with E-state index >= 15 is 0 Å². The van der Waals surface area contributed by atoms with Crippen LogP contribution >= 0.6 is 0 Å². The number of nitrogens with zero attached hydrogens (tertiary/aromatic N) is 2. The predicted molar refractivity (Wildman–Crippen MR) is 70.1 cm³/mol. The zero-order chi connectivity index (χ0) is 14.6. The van der Waals surface area contributed by atoms with Crippen LogP contribution in [0.2, 0.25) is 0 Å². The van der Waals surface area contributed by atoms with E-state index in [1.807, 2.05) is 13.8 Å². The molecule has 1 aromatic rings. The number of aromatic nitrogens is 1. The van der Waals surface area contributed by atoms with E-state index in [0.717, 1.165) is 0 Å². The number of carboxylic acids is 1. The molecule has 0 radical (unpaired) electrons. The lowest BCUT2D eigenvalue weighted by Gasteiger charge is -2.22. The molecule has 0 aromatic carbocycles. The van der Waals surface area contributed by atoms with Crippen molar-refractivity contribution in [3.63, 3.8) is 0 Å². The molecule has 1 aromatic heterocycles. The van der Waals surface area contributed by atoms with Crippen molar-refractivity contribution in [2.45, 2.75) is 13.8 Å². The molecular weight excluding hydrogens is 248 g/mol. The molecule has 0 unspecified atom stereocenters. The standard InChI is InChI=1S/C13H18N2O4/c1-9(2)6-15(8-12(17)18)13(19)10-4-5-11(16)14(3)7-10/h4-5,7,9H,6,8H2,1-3H3,(H,17,18). The Hall–Kier alpha value is -2.11. The number of carbonyl (C=O) groups is 2. The molecule has 0 bridgehead atoms. The van der Waals surface area contributed by atoms with E-state index in [1.165, 1.54) is 27.8 Å². The number of hydrogen-bond acceptors (Lipinski definition) is 3. The van der Waals surface area contributed by atoms with Crippen molar-refractivity contribution in [3.05, 3.63) is 34.2 Å². The summed E-state index contributed by atoms with van der Waals surface area (Å²) in [5, 5.41) is 8.84. The molecule has 0 fully saturated rings. The first kappa shape index (κ1) is 14.9. The molecule has 0 aliphatic heterocycles. The lowest BCUT2D eigenvalue weighted by molar-refractivity contribution is -0.137. The third-order valence-electron chi connectivity index (χ3n) is 2.53. The van der Waals surface area contributed by atoms with Gasteiger partial charge in [-0.25, -0.2) is 0 Å². The highest BCUT2D eigenvalue weighted by atomic mass is 16.4. The van der Waals surface area contributed by atoms with Gasteiger partial charge in [0.2, 0.25) is 5.56 Å². The molecule has 19 heavy (non-hydrogen) atoms. The molecule has 0 saturated heterocycles. The van der Waals surface area contributed by atoms with E-state index in [0.29, 0.717) is 12.1 Å². The van der Waals surface area contributed by atoms with E-state index in [9.17, 15) is 14.4 Å². The SMILES string of the molecule is CC(C)CN(CC(=O)O)C(=O)c1ccc(=O)n(C)c1. The minimum absolute atomic E-state index is 0.163. The van der Waals surface area contributed by atoms with Crippen LogP contribution in [-0.2, 0) is 11.8 Å². The second kappa shape index (κ2) is 6.17. The summed E-state index contributed by atoms with van der Waals surface area (Å²) in [7, 11) is 1.54. The highest BCUT2D eigenvalue weighted by Crippen LogP contribution is 2.06. The Labute approximate surface area is 111 Å². The fraction of sp³-hybridized carbons (Fsp3) is 0.462. The van der Waals surface area contributed by atoms with E-state index in [1.54, 1.807) is 7.05 Å². The van der Waals surface area contributed by atoms with Gasteiger partial charge >= 0.3 is 5.97 Å². The molecule has 1 amide bonds. The van der Waals surface area contributed by atoms with Gasteiger partial charge in [-0.05, 0) is 12.0 Å². The minimum atomic E-state index is -1.06. The van der Waals surface area contributed by atoms with Crippen molar-refractivity contribution in [1.82, 2.24) is 9.47 Å². The van der Waals surface area contributed by atoms with Gasteiger partial charge in [-0.15, -0.1) is 0 Å². The Morgan fingerprint density at radius 1 is 1.37 bits per heavy atom. The van der Waals surface area contributed by atoms with E-state index in [-0.39, 0.29) is 23.9 Å². The summed E-state index contributed by atoms with van der Waals surface area (Å²) in [5.74, 6) is -1.28. The van der Waals surface area contributed by atoms with Crippen LogP contribution in [-0.4, -0.2) is 39.5 Å². The maximum atomic E-state index is 12.2. The van der Waals surface area contributed by atoms with Crippen molar-refractivity contribution in [2.75, 3.05) is 13.1 Å². The number of rotatable bonds is 5. The summed E-state index contributed by atoms with van der Waals surface area (Å²) >= 11 is 0. The van der Waals surface area contributed by atoms with Crippen LogP contribution in [0.3, 0.4) is 0 Å². The summed E-state index contributed by atoms with van der Waals surface area (Å²) in [4.78, 5) is 35.6. The number of amides is 1. The van der Waals surface area contributed by atoms with Gasteiger partial charge in [0.25, 0.3) is 5.91 Å². The van der Waals surface area contributed by atoms with E-state index in [2.05, 4.69) is 0 Å². The average Bonchev–Trinajstić information content (AvgIpc) is 2.29. The quantitative estimate of drug-likeness (QED) is 0.845. The van der Waals surface area contributed by atoms with E-state index in [4.69, 9.17) is 5.11 Å². The van der Waals surface area contributed by atoms with Gasteiger partial charge in [0.1, 0.15) is 6.54 Å². The average molecular weight is 266 g/mol. The van der Waals surface area contributed by atoms with Gasteiger partial charge in [0.15, 0.2) is 0 Å². The van der Waals surface area contributed by atoms with Crippen LogP contribution in [0.5, 0.6) is 0 Å². The topological polar surface area (TPSA) is 79.6 Å². The molecule has 104 valence electrons. The van der Waals surface area contributed by atoms with Gasteiger partial charge < -0.3 is 14.6 Å². The van der Waals surface area contributed by atoms with E-state index < -0.39 is 5.97 Å². The Bertz CT molecular complexity index is 534. The van der Waals surface area contributed by atoms with Crippen molar-refractivity contribution in [3.8, 4) is 0 Å². The van der Waals surface area contributed by atoms with Crippen LogP contribution in [0, 0.1) is 5.92 Å². The Morgan fingerprint density at radius 3 is 2.47 bits per heavy atom. The smallest absolute Gasteiger partial charge is 0.323 e. The Kier molecular flexibility index (Phi) is 4.86. The largest absolute Gasteiger partial charge is 0.480 e. The molecule has 0 saturated carbocycles. The molecule has 6 nitrogen and oxygen atoms in total. The number of pyridine rings is 1. The van der Waals surface area contributed by atoms with Crippen LogP contribution in [0.15, 0.2) is 23.1 Å². The normalized spacial score (nSPS) is 10.5. The molecule has 0 aliphatic rings. The molecule has 1 heterocycles. The molecule has 1 rings (SSSR count). The Balaban J connectivity index is 3.00. The minimum Gasteiger partial charge on any atom is -0.480 e. The van der Waals surface area contributed by atoms with Gasteiger partial charge in [-0.1, -0.05) is 13.8 Å². The number of carbonyl (C=O) groups excluding carboxylic acids is 1. The summed E-state index contributed by atoms with van der Waals surface area (Å²) in [6.45, 7) is 3.82. The predicted octanol–water partition coefficient (Wildman–Crippen LogP) is 0.568. The van der Waals surface area contributed by atoms with Gasteiger partial charge in [0.05, 0.1) is 5.56 Å². The van der Waals surface area contributed by atoms with Crippen LogP contribution in [0.25, 0.3) is 0 Å². The van der Waals surface area contributed by atoms with Crippen LogP contribution in [0.4, 0.5) is 0 Å². The van der Waals surface area contributed by atoms with Crippen molar-refractivity contribution in [2.24, 2.45) is 13.0 Å². The maximum Gasteiger partial charge on any atom is 0.323 e. The lowest BCUT2D eigenvalue weighted by atomic mass is 10.1. The molecule has 0 spiro atoms. The van der Waals surface area contributed by atoms with Crippen molar-refractivity contribution in [1.29, 1.82) is 0 Å². The molecular formula is C13H18N2O4. The molecule has 0 aliphatic carbocycles. The first-order chi connectivity index (χ1) is 8.81. The summed E-state index contributed by atoms with van der Waals surface area (Å²) < 4.78 is 1.29. The third-order valence-corrected chi connectivity index (χ3v) is 2.53. The fourth-order valence-electron chi connectivity index (χ4n) is 1.73. The van der Waals surface area contributed by atoms with Crippen LogP contribution < -0.4 is 5.56 Å². The zero-order valence-electron chi connectivity index (χ0n) is 11.3. The monoisotopic (exact) mass is 266 g/mol.